The Labute approximate surface area is 200 Å². The summed E-state index contributed by atoms with van der Waals surface area (Å²) < 4.78 is 5.93. The average molecular weight is 484 g/mol. The lowest BCUT2D eigenvalue weighted by molar-refractivity contribution is 0.209. The zero-order valence-corrected chi connectivity index (χ0v) is 19.8. The van der Waals surface area contributed by atoms with Gasteiger partial charge in [0.1, 0.15) is 22.4 Å². The number of hydrogen-bond acceptors (Lipinski definition) is 7. The summed E-state index contributed by atoms with van der Waals surface area (Å²) in [6.07, 6.45) is 0. The van der Waals surface area contributed by atoms with E-state index in [0.29, 0.717) is 21.6 Å². The highest BCUT2D eigenvalue weighted by molar-refractivity contribution is 7.99. The van der Waals surface area contributed by atoms with E-state index in [2.05, 4.69) is 10.2 Å². The predicted molar refractivity (Wildman–Crippen MR) is 130 cm³/mol. The Bertz CT molecular complexity index is 1200. The first-order chi connectivity index (χ1) is 15.4. The van der Waals surface area contributed by atoms with Crippen LogP contribution in [-0.4, -0.2) is 21.9 Å². The van der Waals surface area contributed by atoms with Crippen LogP contribution in [0.3, 0.4) is 0 Å². The van der Waals surface area contributed by atoms with Crippen molar-refractivity contribution in [3.05, 3.63) is 88.4 Å². The lowest BCUT2D eigenvalue weighted by atomic mass is 10.1. The van der Waals surface area contributed by atoms with Crippen molar-refractivity contribution in [2.24, 2.45) is 5.73 Å². The number of hydrogen-bond donors (Lipinski definition) is 2. The Morgan fingerprint density at radius 1 is 1.03 bits per heavy atom. The molecular weight excluding hydrogens is 462 g/mol. The van der Waals surface area contributed by atoms with E-state index in [1.54, 1.807) is 18.7 Å². The second kappa shape index (κ2) is 10.0. The van der Waals surface area contributed by atoms with Gasteiger partial charge < -0.3 is 15.6 Å². The minimum absolute atomic E-state index is 0.209. The molecule has 5 nitrogen and oxygen atoms in total. The fraction of sp³-hybridized carbons (Fsp3) is 0.167. The number of rotatable bonds is 8. The van der Waals surface area contributed by atoms with E-state index >= 15 is 0 Å². The molecule has 0 spiro atoms. The van der Waals surface area contributed by atoms with Crippen molar-refractivity contribution < 1.29 is 9.84 Å². The maximum atomic E-state index is 9.45. The van der Waals surface area contributed by atoms with Gasteiger partial charge in [-0.3, -0.25) is 0 Å². The second-order valence-electron chi connectivity index (χ2n) is 7.48. The number of benzene rings is 3. The number of aliphatic hydroxyl groups is 1. The number of nitrogens with two attached hydrogens (primary N) is 1. The maximum absolute atomic E-state index is 9.45. The van der Waals surface area contributed by atoms with Gasteiger partial charge in [-0.2, -0.15) is 0 Å². The molecule has 4 rings (SSSR count). The monoisotopic (exact) mass is 483 g/mol. The van der Waals surface area contributed by atoms with Crippen LogP contribution in [0.5, 0.6) is 5.75 Å². The van der Waals surface area contributed by atoms with E-state index in [1.807, 2.05) is 72.8 Å². The van der Waals surface area contributed by atoms with E-state index in [4.69, 9.17) is 22.1 Å². The molecule has 164 valence electrons. The van der Waals surface area contributed by atoms with Crippen molar-refractivity contribution in [3.8, 4) is 16.3 Å². The topological polar surface area (TPSA) is 81.3 Å². The molecule has 1 atom stereocenters. The molecule has 1 heterocycles. The van der Waals surface area contributed by atoms with Crippen molar-refractivity contribution >= 4 is 34.7 Å². The van der Waals surface area contributed by atoms with Crippen LogP contribution in [0.25, 0.3) is 10.6 Å². The lowest BCUT2D eigenvalue weighted by Crippen LogP contribution is -2.36. The van der Waals surface area contributed by atoms with Gasteiger partial charge in [0.05, 0.1) is 17.2 Å². The van der Waals surface area contributed by atoms with Crippen molar-refractivity contribution in [3.63, 3.8) is 0 Å². The van der Waals surface area contributed by atoms with Gasteiger partial charge in [-0.25, -0.2) is 0 Å². The summed E-state index contributed by atoms with van der Waals surface area (Å²) in [4.78, 5) is 2.06. The minimum atomic E-state index is -0.925. The summed E-state index contributed by atoms with van der Waals surface area (Å²) in [5, 5.41) is 19.6. The van der Waals surface area contributed by atoms with Gasteiger partial charge in [0.2, 0.25) is 0 Å². The highest BCUT2D eigenvalue weighted by atomic mass is 35.5. The number of aromatic nitrogens is 2. The van der Waals surface area contributed by atoms with Crippen LogP contribution in [0.2, 0.25) is 5.02 Å². The molecule has 0 aliphatic carbocycles. The smallest absolute Gasteiger partial charge is 0.149 e. The standard InChI is InChI=1S/C24H22ClN3O2S2/c1-24(26,15-29)23-28-27-22(32-23)20-11-10-19(13-21(20)25)31-18-9-5-8-17(12-18)30-14-16-6-3-2-4-7-16/h2-13,29H,14-15,26H2,1H3/t24-/m0/s1. The molecular formula is C24H22ClN3O2S2. The van der Waals surface area contributed by atoms with Gasteiger partial charge in [0.15, 0.2) is 0 Å². The van der Waals surface area contributed by atoms with Crippen LogP contribution in [0.4, 0.5) is 0 Å². The quantitative estimate of drug-likeness (QED) is 0.332. The molecule has 8 heteroatoms. The SMILES string of the molecule is C[C@](N)(CO)c1nnc(-c2ccc(Sc3cccc(OCc4ccccc4)c3)cc2Cl)s1. The van der Waals surface area contributed by atoms with Crippen LogP contribution in [0.15, 0.2) is 82.6 Å². The molecule has 0 amide bonds. The molecule has 32 heavy (non-hydrogen) atoms. The molecule has 0 aliphatic heterocycles. The second-order valence-corrected chi connectivity index (χ2v) is 10.0. The van der Waals surface area contributed by atoms with Gasteiger partial charge >= 0.3 is 0 Å². The van der Waals surface area contributed by atoms with Crippen molar-refractivity contribution in [2.45, 2.75) is 28.9 Å². The third-order valence-electron chi connectivity index (χ3n) is 4.70. The highest BCUT2D eigenvalue weighted by Crippen LogP contribution is 2.37. The first kappa shape index (κ1) is 22.8. The molecule has 0 unspecified atom stereocenters. The summed E-state index contributed by atoms with van der Waals surface area (Å²) in [6.45, 7) is 2.03. The first-order valence-corrected chi connectivity index (χ1v) is 11.9. The van der Waals surface area contributed by atoms with Gasteiger partial charge in [0.25, 0.3) is 0 Å². The van der Waals surface area contributed by atoms with Crippen molar-refractivity contribution in [1.29, 1.82) is 0 Å². The fourth-order valence-corrected chi connectivity index (χ4v) is 5.10. The van der Waals surface area contributed by atoms with Crippen LogP contribution in [-0.2, 0) is 12.1 Å². The molecule has 0 fully saturated rings. The molecule has 0 bridgehead atoms. The van der Waals surface area contributed by atoms with Crippen LogP contribution in [0.1, 0.15) is 17.5 Å². The van der Waals surface area contributed by atoms with Crippen LogP contribution < -0.4 is 10.5 Å². The summed E-state index contributed by atoms with van der Waals surface area (Å²) in [5.41, 5.74) is 7.04. The van der Waals surface area contributed by atoms with Crippen LogP contribution >= 0.6 is 34.7 Å². The average Bonchev–Trinajstić information content (AvgIpc) is 3.30. The minimum Gasteiger partial charge on any atom is -0.489 e. The zero-order valence-electron chi connectivity index (χ0n) is 17.4. The van der Waals surface area contributed by atoms with Gasteiger partial charge in [-0.1, -0.05) is 71.1 Å². The first-order valence-electron chi connectivity index (χ1n) is 9.93. The Hall–Kier alpha value is -2.42. The number of ether oxygens (including phenoxy) is 1. The van der Waals surface area contributed by atoms with E-state index in [0.717, 1.165) is 26.7 Å². The highest BCUT2D eigenvalue weighted by Gasteiger charge is 2.25. The molecule has 1 aromatic heterocycles. The molecule has 0 saturated heterocycles. The van der Waals surface area contributed by atoms with Gasteiger partial charge in [0, 0.05) is 15.4 Å². The Kier molecular flexibility index (Phi) is 7.13. The van der Waals surface area contributed by atoms with E-state index in [-0.39, 0.29) is 6.61 Å². The molecule has 0 radical (unpaired) electrons. The van der Waals surface area contributed by atoms with Crippen molar-refractivity contribution in [1.82, 2.24) is 10.2 Å². The summed E-state index contributed by atoms with van der Waals surface area (Å²) in [7, 11) is 0. The van der Waals surface area contributed by atoms with Crippen LogP contribution in [0, 0.1) is 0 Å². The molecule has 0 saturated carbocycles. The molecule has 0 aliphatic rings. The fourth-order valence-electron chi connectivity index (χ4n) is 2.87. The van der Waals surface area contributed by atoms with E-state index in [1.165, 1.54) is 11.3 Å². The molecule has 3 aromatic carbocycles. The number of nitrogens with zero attached hydrogens (tertiary/aromatic N) is 2. The van der Waals surface area contributed by atoms with Crippen molar-refractivity contribution in [2.75, 3.05) is 6.61 Å². The zero-order chi connectivity index (χ0) is 22.6. The normalized spacial score (nSPS) is 13.0. The summed E-state index contributed by atoms with van der Waals surface area (Å²) in [5.74, 6) is 0.816. The third-order valence-corrected chi connectivity index (χ3v) is 7.23. The Morgan fingerprint density at radius 2 is 1.81 bits per heavy atom. The largest absolute Gasteiger partial charge is 0.489 e. The van der Waals surface area contributed by atoms with E-state index < -0.39 is 5.54 Å². The number of aliphatic hydroxyl groups excluding tert-OH is 1. The molecule has 3 N–H and O–H groups in total. The predicted octanol–water partition coefficient (Wildman–Crippen LogP) is 5.75. The number of halogens is 1. The third kappa shape index (κ3) is 5.49. The Balaban J connectivity index is 1.46. The summed E-state index contributed by atoms with van der Waals surface area (Å²) >= 11 is 9.49. The lowest BCUT2D eigenvalue weighted by Gasteiger charge is -2.16. The van der Waals surface area contributed by atoms with Gasteiger partial charge in [-0.15, -0.1) is 10.2 Å². The Morgan fingerprint density at radius 3 is 2.56 bits per heavy atom. The van der Waals surface area contributed by atoms with E-state index in [9.17, 15) is 5.11 Å². The van der Waals surface area contributed by atoms with Gasteiger partial charge in [-0.05, 0) is 48.9 Å². The maximum Gasteiger partial charge on any atom is 0.149 e. The molecule has 4 aromatic rings. The summed E-state index contributed by atoms with van der Waals surface area (Å²) in [6, 6.07) is 23.9.